The first-order valence-corrected chi connectivity index (χ1v) is 9.14. The molecule has 0 spiro atoms. The number of methoxy groups -OCH3 is 1. The Labute approximate surface area is 158 Å². The van der Waals surface area contributed by atoms with E-state index in [1.807, 2.05) is 31.2 Å². The number of hydrogen-bond acceptors (Lipinski definition) is 7. The number of carbonyl (C=O) groups is 1. The molecule has 1 aromatic heterocycles. The maximum atomic E-state index is 12.1. The van der Waals surface area contributed by atoms with Crippen LogP contribution in [0.1, 0.15) is 30.7 Å². The van der Waals surface area contributed by atoms with Gasteiger partial charge in [-0.2, -0.15) is 15.0 Å². The topological polar surface area (TPSA) is 89.5 Å². The van der Waals surface area contributed by atoms with Crippen LogP contribution in [0, 0.1) is 6.92 Å². The number of nitrogens with zero attached hydrogens (tertiary/aromatic N) is 4. The van der Waals surface area contributed by atoms with Gasteiger partial charge in [0.15, 0.2) is 12.4 Å². The SMILES string of the molecule is COc1nc(CNC(=O)COc2cccc(C)c2)nc(N2CCCCC2)n1. The first-order valence-electron chi connectivity index (χ1n) is 9.14. The van der Waals surface area contributed by atoms with Crippen LogP contribution in [-0.4, -0.2) is 47.7 Å². The van der Waals surface area contributed by atoms with Crippen LogP contribution < -0.4 is 19.7 Å². The molecule has 1 aliphatic heterocycles. The Hall–Kier alpha value is -2.90. The zero-order valence-corrected chi connectivity index (χ0v) is 15.8. The van der Waals surface area contributed by atoms with E-state index in [-0.39, 0.29) is 25.1 Å². The molecule has 0 atom stereocenters. The van der Waals surface area contributed by atoms with Crippen LogP contribution in [-0.2, 0) is 11.3 Å². The van der Waals surface area contributed by atoms with Gasteiger partial charge in [-0.1, -0.05) is 12.1 Å². The molecule has 0 radical (unpaired) electrons. The van der Waals surface area contributed by atoms with Crippen molar-refractivity contribution in [1.29, 1.82) is 0 Å². The summed E-state index contributed by atoms with van der Waals surface area (Å²) in [5.74, 6) is 1.49. The number of carbonyl (C=O) groups excluding carboxylic acids is 1. The van der Waals surface area contributed by atoms with Gasteiger partial charge in [0.2, 0.25) is 5.95 Å². The Bertz CT molecular complexity index is 778. The van der Waals surface area contributed by atoms with Crippen molar-refractivity contribution in [2.45, 2.75) is 32.7 Å². The second-order valence-electron chi connectivity index (χ2n) is 6.47. The fourth-order valence-electron chi connectivity index (χ4n) is 2.87. The molecule has 0 bridgehead atoms. The van der Waals surface area contributed by atoms with E-state index in [1.165, 1.54) is 13.5 Å². The van der Waals surface area contributed by atoms with Crippen molar-refractivity contribution in [1.82, 2.24) is 20.3 Å². The van der Waals surface area contributed by atoms with Crippen molar-refractivity contribution in [3.63, 3.8) is 0 Å². The third kappa shape index (κ3) is 5.54. The van der Waals surface area contributed by atoms with Gasteiger partial charge < -0.3 is 19.7 Å². The van der Waals surface area contributed by atoms with Crippen molar-refractivity contribution in [2.75, 3.05) is 31.7 Å². The monoisotopic (exact) mass is 371 g/mol. The van der Waals surface area contributed by atoms with E-state index in [4.69, 9.17) is 9.47 Å². The Morgan fingerprint density at radius 2 is 2.00 bits per heavy atom. The van der Waals surface area contributed by atoms with E-state index < -0.39 is 0 Å². The molecule has 8 nitrogen and oxygen atoms in total. The molecule has 0 aliphatic carbocycles. The van der Waals surface area contributed by atoms with E-state index in [0.717, 1.165) is 31.5 Å². The fraction of sp³-hybridized carbons (Fsp3) is 0.474. The highest BCUT2D eigenvalue weighted by Crippen LogP contribution is 2.17. The van der Waals surface area contributed by atoms with Crippen molar-refractivity contribution in [2.24, 2.45) is 0 Å². The van der Waals surface area contributed by atoms with Crippen LogP contribution in [0.4, 0.5) is 5.95 Å². The first kappa shape index (κ1) is 18.9. The molecule has 1 aliphatic rings. The van der Waals surface area contributed by atoms with Crippen LogP contribution in [0.2, 0.25) is 0 Å². The van der Waals surface area contributed by atoms with Crippen molar-refractivity contribution in [3.8, 4) is 11.8 Å². The second-order valence-corrected chi connectivity index (χ2v) is 6.47. The minimum atomic E-state index is -0.240. The van der Waals surface area contributed by atoms with Gasteiger partial charge in [-0.25, -0.2) is 0 Å². The molecule has 1 saturated heterocycles. The molecule has 0 unspecified atom stereocenters. The third-order valence-electron chi connectivity index (χ3n) is 4.27. The maximum absolute atomic E-state index is 12.1. The minimum absolute atomic E-state index is 0.0648. The van der Waals surface area contributed by atoms with Crippen LogP contribution in [0.5, 0.6) is 11.8 Å². The van der Waals surface area contributed by atoms with Crippen molar-refractivity contribution < 1.29 is 14.3 Å². The van der Waals surface area contributed by atoms with Crippen LogP contribution in [0.3, 0.4) is 0 Å². The number of anilines is 1. The molecule has 27 heavy (non-hydrogen) atoms. The van der Waals surface area contributed by atoms with Crippen LogP contribution in [0.15, 0.2) is 24.3 Å². The van der Waals surface area contributed by atoms with Gasteiger partial charge in [0.05, 0.1) is 13.7 Å². The molecular formula is C19H25N5O3. The molecule has 2 aromatic rings. The Kier molecular flexibility index (Phi) is 6.40. The number of rotatable bonds is 7. The summed E-state index contributed by atoms with van der Waals surface area (Å²) in [6, 6.07) is 7.82. The highest BCUT2D eigenvalue weighted by molar-refractivity contribution is 5.77. The van der Waals surface area contributed by atoms with E-state index in [1.54, 1.807) is 0 Å². The number of ether oxygens (including phenoxy) is 2. The number of piperidine rings is 1. The minimum Gasteiger partial charge on any atom is -0.484 e. The molecular weight excluding hydrogens is 346 g/mol. The van der Waals surface area contributed by atoms with E-state index in [2.05, 4.69) is 25.2 Å². The Morgan fingerprint density at radius 3 is 2.74 bits per heavy atom. The number of benzene rings is 1. The number of amides is 1. The molecule has 1 fully saturated rings. The Morgan fingerprint density at radius 1 is 1.19 bits per heavy atom. The third-order valence-corrected chi connectivity index (χ3v) is 4.27. The number of aryl methyl sites for hydroxylation is 1. The van der Waals surface area contributed by atoms with Gasteiger partial charge in [0, 0.05) is 13.1 Å². The number of hydrogen-bond donors (Lipinski definition) is 1. The van der Waals surface area contributed by atoms with Crippen LogP contribution in [0.25, 0.3) is 0 Å². The zero-order valence-electron chi connectivity index (χ0n) is 15.8. The summed E-state index contributed by atoms with van der Waals surface area (Å²) >= 11 is 0. The fourth-order valence-corrected chi connectivity index (χ4v) is 2.87. The lowest BCUT2D eigenvalue weighted by molar-refractivity contribution is -0.123. The lowest BCUT2D eigenvalue weighted by atomic mass is 10.1. The van der Waals surface area contributed by atoms with Gasteiger partial charge in [0.25, 0.3) is 5.91 Å². The summed E-state index contributed by atoms with van der Waals surface area (Å²) in [7, 11) is 1.52. The Balaban J connectivity index is 1.56. The standard InChI is InChI=1S/C19H25N5O3/c1-14-7-6-8-15(11-14)27-13-17(25)20-12-16-21-18(23-19(22-16)26-2)24-9-4-3-5-10-24/h6-8,11H,3-5,9-10,12-13H2,1-2H3,(H,20,25). The predicted molar refractivity (Wildman–Crippen MR) is 101 cm³/mol. The summed E-state index contributed by atoms with van der Waals surface area (Å²) < 4.78 is 10.7. The van der Waals surface area contributed by atoms with Crippen molar-refractivity contribution >= 4 is 11.9 Å². The van der Waals surface area contributed by atoms with Crippen molar-refractivity contribution in [3.05, 3.63) is 35.7 Å². The maximum Gasteiger partial charge on any atom is 0.321 e. The summed E-state index contributed by atoms with van der Waals surface area (Å²) in [6.07, 6.45) is 3.47. The molecule has 1 N–H and O–H groups in total. The lowest BCUT2D eigenvalue weighted by Crippen LogP contribution is -2.32. The summed E-state index contributed by atoms with van der Waals surface area (Å²) in [6.45, 7) is 3.94. The number of nitrogens with one attached hydrogen (secondary N) is 1. The highest BCUT2D eigenvalue weighted by Gasteiger charge is 2.17. The number of aromatic nitrogens is 3. The van der Waals surface area contributed by atoms with E-state index in [0.29, 0.717) is 17.5 Å². The van der Waals surface area contributed by atoms with Gasteiger partial charge in [0.1, 0.15) is 5.75 Å². The van der Waals surface area contributed by atoms with Gasteiger partial charge in [-0.05, 0) is 43.9 Å². The summed E-state index contributed by atoms with van der Waals surface area (Å²) in [5, 5.41) is 2.77. The molecule has 1 amide bonds. The molecule has 0 saturated carbocycles. The lowest BCUT2D eigenvalue weighted by Gasteiger charge is -2.26. The smallest absolute Gasteiger partial charge is 0.321 e. The first-order chi connectivity index (χ1) is 13.1. The molecule has 3 rings (SSSR count). The van der Waals surface area contributed by atoms with Gasteiger partial charge in [-0.3, -0.25) is 4.79 Å². The quantitative estimate of drug-likeness (QED) is 0.795. The average Bonchev–Trinajstić information content (AvgIpc) is 2.71. The highest BCUT2D eigenvalue weighted by atomic mass is 16.5. The predicted octanol–water partition coefficient (Wildman–Crippen LogP) is 1.87. The average molecular weight is 371 g/mol. The largest absolute Gasteiger partial charge is 0.484 e. The van der Waals surface area contributed by atoms with E-state index in [9.17, 15) is 4.79 Å². The second kappa shape index (κ2) is 9.16. The molecule has 8 heteroatoms. The van der Waals surface area contributed by atoms with Gasteiger partial charge >= 0.3 is 6.01 Å². The normalized spacial score (nSPS) is 13.9. The summed E-state index contributed by atoms with van der Waals surface area (Å²) in [4.78, 5) is 27.2. The molecule has 2 heterocycles. The van der Waals surface area contributed by atoms with Gasteiger partial charge in [-0.15, -0.1) is 0 Å². The van der Waals surface area contributed by atoms with E-state index >= 15 is 0 Å². The zero-order chi connectivity index (χ0) is 19.1. The molecule has 1 aromatic carbocycles. The summed E-state index contributed by atoms with van der Waals surface area (Å²) in [5.41, 5.74) is 1.08. The van der Waals surface area contributed by atoms with Crippen LogP contribution >= 0.6 is 0 Å². The molecule has 144 valence electrons.